The lowest BCUT2D eigenvalue weighted by molar-refractivity contribution is -0.320. The van der Waals surface area contributed by atoms with Gasteiger partial charge in [0.2, 0.25) is 0 Å². The fraction of sp³-hybridized carbons (Fsp3) is 0.905. The molecule has 0 unspecified atom stereocenters. The largest absolute Gasteiger partial charge is 0.409 e. The molecule has 172 valence electrons. The van der Waals surface area contributed by atoms with Crippen molar-refractivity contribution in [2.75, 3.05) is 27.9 Å². The summed E-state index contributed by atoms with van der Waals surface area (Å²) in [6.45, 7) is 16.4. The molecule has 8 heteroatoms. The van der Waals surface area contributed by atoms with E-state index in [1.807, 2.05) is 6.92 Å². The minimum atomic E-state index is -2.11. The van der Waals surface area contributed by atoms with Gasteiger partial charge in [0.25, 0.3) is 0 Å². The first kappa shape index (κ1) is 26.7. The van der Waals surface area contributed by atoms with Crippen LogP contribution in [0.15, 0.2) is 12.7 Å². The summed E-state index contributed by atoms with van der Waals surface area (Å²) >= 11 is 0. The van der Waals surface area contributed by atoms with Gasteiger partial charge in [-0.1, -0.05) is 26.8 Å². The monoisotopic (exact) mass is 434 g/mol. The van der Waals surface area contributed by atoms with Gasteiger partial charge in [-0.3, -0.25) is 0 Å². The summed E-state index contributed by atoms with van der Waals surface area (Å²) < 4.78 is 35.7. The molecule has 0 bridgehead atoms. The SMILES string of the molecule is C=CC[C@H](O[C@@H]1O[C@@H](C)[C@H](OC)[C@@H](OC)[C@H]1OC)[C@@H](CO)O[Si](C)(C)C(C)(C)C. The zero-order chi connectivity index (χ0) is 22.4. The van der Waals surface area contributed by atoms with Gasteiger partial charge in [-0.2, -0.15) is 0 Å². The molecular formula is C21H42O7Si. The van der Waals surface area contributed by atoms with Gasteiger partial charge in [0, 0.05) is 21.3 Å². The molecule has 0 aromatic rings. The second-order valence-electron chi connectivity index (χ2n) is 9.11. The molecule has 0 aliphatic carbocycles. The third kappa shape index (κ3) is 6.58. The Balaban J connectivity index is 3.07. The van der Waals surface area contributed by atoms with E-state index < -0.39 is 32.9 Å². The second-order valence-corrected chi connectivity index (χ2v) is 13.9. The molecule has 0 aromatic heterocycles. The summed E-state index contributed by atoms with van der Waals surface area (Å²) in [5, 5.41) is 10.1. The Morgan fingerprint density at radius 2 is 1.59 bits per heavy atom. The van der Waals surface area contributed by atoms with E-state index in [0.717, 1.165) is 0 Å². The van der Waals surface area contributed by atoms with Gasteiger partial charge in [-0.25, -0.2) is 0 Å². The van der Waals surface area contributed by atoms with Gasteiger partial charge in [0.05, 0.1) is 24.9 Å². The predicted octanol–water partition coefficient (Wildman–Crippen LogP) is 3.12. The lowest BCUT2D eigenvalue weighted by Crippen LogP contribution is -2.60. The summed E-state index contributed by atoms with van der Waals surface area (Å²) in [4.78, 5) is 0. The van der Waals surface area contributed by atoms with Crippen LogP contribution >= 0.6 is 0 Å². The van der Waals surface area contributed by atoms with Crippen LogP contribution in [0.4, 0.5) is 0 Å². The van der Waals surface area contributed by atoms with E-state index in [1.54, 1.807) is 27.4 Å². The number of aliphatic hydroxyl groups excluding tert-OH is 1. The molecule has 1 aliphatic rings. The number of hydrogen-bond donors (Lipinski definition) is 1. The topological polar surface area (TPSA) is 75.6 Å². The van der Waals surface area contributed by atoms with Crippen molar-refractivity contribution in [3.05, 3.63) is 12.7 Å². The summed E-state index contributed by atoms with van der Waals surface area (Å²) in [5.74, 6) is 0. The highest BCUT2D eigenvalue weighted by atomic mass is 28.4. The van der Waals surface area contributed by atoms with Crippen LogP contribution < -0.4 is 0 Å². The number of methoxy groups -OCH3 is 3. The second kappa shape index (κ2) is 11.3. The van der Waals surface area contributed by atoms with E-state index in [4.69, 9.17) is 28.1 Å². The maximum Gasteiger partial charge on any atom is 0.192 e. The quantitative estimate of drug-likeness (QED) is 0.395. The summed E-state index contributed by atoms with van der Waals surface area (Å²) in [6.07, 6.45) is -0.701. The van der Waals surface area contributed by atoms with Crippen molar-refractivity contribution in [3.8, 4) is 0 Å². The van der Waals surface area contributed by atoms with Crippen LogP contribution in [-0.2, 0) is 28.1 Å². The van der Waals surface area contributed by atoms with Gasteiger partial charge in [0.1, 0.15) is 18.3 Å². The molecule has 0 spiro atoms. The average molecular weight is 435 g/mol. The number of ether oxygens (including phenoxy) is 5. The van der Waals surface area contributed by atoms with Gasteiger partial charge in [-0.05, 0) is 31.5 Å². The van der Waals surface area contributed by atoms with Crippen LogP contribution in [0, 0.1) is 0 Å². The molecule has 1 aliphatic heterocycles. The van der Waals surface area contributed by atoms with Gasteiger partial charge < -0.3 is 33.2 Å². The Morgan fingerprint density at radius 3 is 2.00 bits per heavy atom. The zero-order valence-corrected chi connectivity index (χ0v) is 20.6. The van der Waals surface area contributed by atoms with Crippen LogP contribution in [0.5, 0.6) is 0 Å². The summed E-state index contributed by atoms with van der Waals surface area (Å²) in [7, 11) is 2.73. The van der Waals surface area contributed by atoms with Crippen molar-refractivity contribution >= 4 is 8.32 Å². The minimum Gasteiger partial charge on any atom is -0.409 e. The maximum absolute atomic E-state index is 10.1. The third-order valence-electron chi connectivity index (χ3n) is 6.10. The Kier molecular flexibility index (Phi) is 10.4. The Labute approximate surface area is 177 Å². The molecule has 1 N–H and O–H groups in total. The average Bonchev–Trinajstić information content (AvgIpc) is 2.64. The molecular weight excluding hydrogens is 392 g/mol. The van der Waals surface area contributed by atoms with E-state index in [2.05, 4.69) is 40.4 Å². The maximum atomic E-state index is 10.1. The van der Waals surface area contributed by atoms with E-state index in [1.165, 1.54) is 0 Å². The highest BCUT2D eigenvalue weighted by molar-refractivity contribution is 6.74. The highest BCUT2D eigenvalue weighted by Gasteiger charge is 2.48. The van der Waals surface area contributed by atoms with Crippen molar-refractivity contribution in [1.82, 2.24) is 0 Å². The van der Waals surface area contributed by atoms with E-state index in [9.17, 15) is 5.11 Å². The van der Waals surface area contributed by atoms with Crippen molar-refractivity contribution in [2.45, 2.75) is 95.2 Å². The Bertz CT molecular complexity index is 494. The fourth-order valence-electron chi connectivity index (χ4n) is 3.34. The van der Waals surface area contributed by atoms with Gasteiger partial charge in [-0.15, -0.1) is 6.58 Å². The lowest BCUT2D eigenvalue weighted by Gasteiger charge is -2.46. The molecule has 1 heterocycles. The predicted molar refractivity (Wildman–Crippen MR) is 116 cm³/mol. The van der Waals surface area contributed by atoms with Crippen LogP contribution in [0.25, 0.3) is 0 Å². The van der Waals surface area contributed by atoms with Crippen LogP contribution in [0.1, 0.15) is 34.1 Å². The van der Waals surface area contributed by atoms with Crippen LogP contribution in [0.3, 0.4) is 0 Å². The van der Waals surface area contributed by atoms with Crippen molar-refractivity contribution < 1.29 is 33.2 Å². The zero-order valence-electron chi connectivity index (χ0n) is 19.6. The first-order chi connectivity index (χ1) is 13.5. The van der Waals surface area contributed by atoms with Gasteiger partial charge >= 0.3 is 0 Å². The molecule has 1 fully saturated rings. The van der Waals surface area contributed by atoms with Crippen molar-refractivity contribution in [3.63, 3.8) is 0 Å². The number of aliphatic hydroxyl groups is 1. The number of hydrogen-bond acceptors (Lipinski definition) is 7. The molecule has 7 atom stereocenters. The number of rotatable bonds is 11. The summed E-state index contributed by atoms with van der Waals surface area (Å²) in [5.41, 5.74) is 0. The fourth-order valence-corrected chi connectivity index (χ4v) is 4.68. The third-order valence-corrected chi connectivity index (χ3v) is 10.6. The summed E-state index contributed by atoms with van der Waals surface area (Å²) in [6, 6.07) is 0. The molecule has 1 rings (SSSR count). The van der Waals surface area contributed by atoms with E-state index >= 15 is 0 Å². The molecule has 7 nitrogen and oxygen atoms in total. The lowest BCUT2D eigenvalue weighted by atomic mass is 9.99. The first-order valence-electron chi connectivity index (χ1n) is 10.3. The smallest absolute Gasteiger partial charge is 0.192 e. The molecule has 29 heavy (non-hydrogen) atoms. The van der Waals surface area contributed by atoms with Crippen molar-refractivity contribution in [2.24, 2.45) is 0 Å². The molecule has 0 saturated carbocycles. The normalized spacial score (nSPS) is 30.8. The highest BCUT2D eigenvalue weighted by Crippen LogP contribution is 2.38. The van der Waals surface area contributed by atoms with Crippen molar-refractivity contribution in [1.29, 1.82) is 0 Å². The van der Waals surface area contributed by atoms with E-state index in [0.29, 0.717) is 6.42 Å². The Morgan fingerprint density at radius 1 is 1.03 bits per heavy atom. The standard InChI is InChI=1S/C21H42O7Si/c1-11-12-15(16(13-22)28-29(9,10)21(3,4)5)27-20-19(25-8)18(24-7)17(23-6)14(2)26-20/h11,14-20,22H,1,12-13H2,2-10H3/t14-,15-,16+,17-,18+,19+,20-/m0/s1. The van der Waals surface area contributed by atoms with Crippen LogP contribution in [-0.4, -0.2) is 84.3 Å². The molecule has 0 radical (unpaired) electrons. The molecule has 0 aromatic carbocycles. The van der Waals surface area contributed by atoms with Crippen LogP contribution in [0.2, 0.25) is 18.1 Å². The first-order valence-corrected chi connectivity index (χ1v) is 13.2. The van der Waals surface area contributed by atoms with Gasteiger partial charge in [0.15, 0.2) is 14.6 Å². The van der Waals surface area contributed by atoms with E-state index in [-0.39, 0.29) is 30.0 Å². The Hall–Kier alpha value is -0.323. The molecule has 1 saturated heterocycles. The minimum absolute atomic E-state index is 0.0108. The molecule has 0 amide bonds.